The molecule has 1 fully saturated rings. The van der Waals surface area contributed by atoms with Gasteiger partial charge in [-0.2, -0.15) is 0 Å². The van der Waals surface area contributed by atoms with Crippen molar-refractivity contribution in [3.63, 3.8) is 0 Å². The van der Waals surface area contributed by atoms with E-state index in [0.29, 0.717) is 48.5 Å². The molecule has 0 amide bonds. The lowest BCUT2D eigenvalue weighted by atomic mass is 10.0. The van der Waals surface area contributed by atoms with Crippen LogP contribution >= 0.6 is 0 Å². The van der Waals surface area contributed by atoms with Crippen molar-refractivity contribution in [3.8, 4) is 0 Å². The molecule has 28 heavy (non-hydrogen) atoms. The number of nitro groups is 1. The lowest BCUT2D eigenvalue weighted by Gasteiger charge is -2.28. The summed E-state index contributed by atoms with van der Waals surface area (Å²) in [6, 6.07) is 2.92. The van der Waals surface area contributed by atoms with Crippen LogP contribution in [0.4, 0.5) is 11.4 Å². The molecule has 1 aromatic carbocycles. The number of fused-ring (bicyclic) bond motifs is 1. The second-order valence-electron chi connectivity index (χ2n) is 5.83. The molecular weight excluding hydrogens is 360 g/mol. The Morgan fingerprint density at radius 3 is 2.50 bits per heavy atom. The van der Waals surface area contributed by atoms with Gasteiger partial charge in [-0.25, -0.2) is 0 Å². The molecule has 2 aromatic rings. The van der Waals surface area contributed by atoms with E-state index in [1.807, 2.05) is 38.7 Å². The summed E-state index contributed by atoms with van der Waals surface area (Å²) in [5.74, 6) is -0.142. The SMILES string of the molecule is C=C(O)C(N)Cc1c[nH]c2ccc(N3CCOCC3)c([N+](=O)[O-])c12.CC.CC. The number of morpholine rings is 1. The molecule has 8 nitrogen and oxygen atoms in total. The molecule has 0 spiro atoms. The van der Waals surface area contributed by atoms with Gasteiger partial charge in [0.25, 0.3) is 0 Å². The number of nitrogens with one attached hydrogen (secondary N) is 1. The summed E-state index contributed by atoms with van der Waals surface area (Å²) in [7, 11) is 0. The summed E-state index contributed by atoms with van der Waals surface area (Å²) in [5.41, 5.74) is 7.84. The number of nitrogens with zero attached hydrogens (tertiary/aromatic N) is 2. The van der Waals surface area contributed by atoms with Crippen LogP contribution in [-0.4, -0.2) is 47.4 Å². The standard InChI is InChI=1S/C16H20N4O4.2C2H6/c1-10(21)12(17)8-11-9-18-13-2-3-14(16(15(11)13)20(22)23)19-4-6-24-7-5-19;2*1-2/h2-3,9,12,18,21H,1,4-8,17H2;2*1-2H3. The molecule has 0 bridgehead atoms. The number of aliphatic hydroxyl groups is 1. The summed E-state index contributed by atoms with van der Waals surface area (Å²) in [5, 5.41) is 21.8. The summed E-state index contributed by atoms with van der Waals surface area (Å²) in [6.07, 6.45) is 1.96. The minimum atomic E-state index is -0.671. The molecule has 0 aliphatic carbocycles. The summed E-state index contributed by atoms with van der Waals surface area (Å²) in [4.78, 5) is 16.4. The fourth-order valence-electron chi connectivity index (χ4n) is 3.02. The van der Waals surface area contributed by atoms with Gasteiger partial charge in [0, 0.05) is 19.3 Å². The van der Waals surface area contributed by atoms with Crippen LogP contribution in [0.25, 0.3) is 10.9 Å². The van der Waals surface area contributed by atoms with Crippen LogP contribution < -0.4 is 10.6 Å². The lowest BCUT2D eigenvalue weighted by molar-refractivity contribution is -0.382. The molecule has 8 heteroatoms. The largest absolute Gasteiger partial charge is 0.511 e. The first kappa shape index (κ1) is 23.5. The second-order valence-corrected chi connectivity index (χ2v) is 5.83. The molecule has 0 radical (unpaired) electrons. The monoisotopic (exact) mass is 392 g/mol. The molecule has 1 unspecified atom stereocenters. The van der Waals surface area contributed by atoms with Crippen molar-refractivity contribution in [2.24, 2.45) is 5.73 Å². The smallest absolute Gasteiger partial charge is 0.302 e. The van der Waals surface area contributed by atoms with E-state index in [-0.39, 0.29) is 22.8 Å². The van der Waals surface area contributed by atoms with Crippen molar-refractivity contribution in [2.45, 2.75) is 40.2 Å². The van der Waals surface area contributed by atoms with E-state index in [1.165, 1.54) is 0 Å². The van der Waals surface area contributed by atoms with Gasteiger partial charge in [0.15, 0.2) is 0 Å². The molecule has 4 N–H and O–H groups in total. The van der Waals surface area contributed by atoms with Gasteiger partial charge in [-0.3, -0.25) is 10.1 Å². The van der Waals surface area contributed by atoms with Crippen molar-refractivity contribution < 1.29 is 14.8 Å². The normalized spacial score (nSPS) is 14.4. The third-order valence-corrected chi connectivity index (χ3v) is 4.28. The van der Waals surface area contributed by atoms with Crippen LogP contribution in [0.2, 0.25) is 0 Å². The van der Waals surface area contributed by atoms with Crippen molar-refractivity contribution in [1.29, 1.82) is 0 Å². The molecule has 2 heterocycles. The highest BCUT2D eigenvalue weighted by molar-refractivity contribution is 5.97. The lowest BCUT2D eigenvalue weighted by Crippen LogP contribution is -2.36. The number of hydrogen-bond acceptors (Lipinski definition) is 6. The van der Waals surface area contributed by atoms with Gasteiger partial charge in [0.1, 0.15) is 11.4 Å². The van der Waals surface area contributed by atoms with Crippen LogP contribution in [-0.2, 0) is 11.2 Å². The molecule has 1 atom stereocenters. The van der Waals surface area contributed by atoms with E-state index >= 15 is 0 Å². The number of benzene rings is 1. The van der Waals surface area contributed by atoms with Gasteiger partial charge in [0.2, 0.25) is 0 Å². The molecule has 156 valence electrons. The average molecular weight is 393 g/mol. The Balaban J connectivity index is 0.000000921. The van der Waals surface area contributed by atoms with E-state index in [0.717, 1.165) is 0 Å². The van der Waals surface area contributed by atoms with E-state index in [2.05, 4.69) is 11.6 Å². The summed E-state index contributed by atoms with van der Waals surface area (Å²) >= 11 is 0. The van der Waals surface area contributed by atoms with Gasteiger partial charge in [-0.05, 0) is 24.1 Å². The fourth-order valence-corrected chi connectivity index (χ4v) is 3.02. The molecule has 3 rings (SSSR count). The number of hydrogen-bond donors (Lipinski definition) is 3. The van der Waals surface area contributed by atoms with Gasteiger partial charge in [-0.1, -0.05) is 34.3 Å². The van der Waals surface area contributed by atoms with Gasteiger partial charge < -0.3 is 25.5 Å². The third kappa shape index (κ3) is 5.24. The van der Waals surface area contributed by atoms with Crippen molar-refractivity contribution in [2.75, 3.05) is 31.2 Å². The number of anilines is 1. The topological polar surface area (TPSA) is 118 Å². The summed E-state index contributed by atoms with van der Waals surface area (Å²) < 4.78 is 5.33. The Labute approximate surface area is 166 Å². The maximum absolute atomic E-state index is 11.8. The third-order valence-electron chi connectivity index (χ3n) is 4.28. The van der Waals surface area contributed by atoms with Gasteiger partial charge in [0.05, 0.1) is 35.1 Å². The van der Waals surface area contributed by atoms with Crippen LogP contribution in [0.5, 0.6) is 0 Å². The van der Waals surface area contributed by atoms with E-state index in [1.54, 1.807) is 12.3 Å². The number of ether oxygens (including phenoxy) is 1. The second kappa shape index (κ2) is 11.3. The molecule has 1 saturated heterocycles. The van der Waals surface area contributed by atoms with E-state index in [9.17, 15) is 15.2 Å². The first-order valence-corrected chi connectivity index (χ1v) is 9.72. The minimum Gasteiger partial charge on any atom is -0.511 e. The van der Waals surface area contributed by atoms with Crippen LogP contribution in [0, 0.1) is 10.1 Å². The zero-order valence-electron chi connectivity index (χ0n) is 17.2. The Morgan fingerprint density at radius 1 is 1.36 bits per heavy atom. The van der Waals surface area contributed by atoms with E-state index < -0.39 is 6.04 Å². The van der Waals surface area contributed by atoms with Crippen molar-refractivity contribution >= 4 is 22.3 Å². The predicted molar refractivity (Wildman–Crippen MR) is 114 cm³/mol. The Morgan fingerprint density at radius 2 is 1.96 bits per heavy atom. The minimum absolute atomic E-state index is 0.0569. The number of H-pyrrole nitrogens is 1. The maximum atomic E-state index is 11.8. The van der Waals surface area contributed by atoms with Crippen LogP contribution in [0.3, 0.4) is 0 Å². The Hall–Kier alpha value is -2.58. The maximum Gasteiger partial charge on any atom is 0.302 e. The zero-order valence-corrected chi connectivity index (χ0v) is 17.2. The molecule has 1 aliphatic heterocycles. The predicted octanol–water partition coefficient (Wildman–Crippen LogP) is 3.91. The number of aliphatic hydroxyl groups excluding tert-OH is 1. The number of nitrogens with two attached hydrogens (primary N) is 1. The van der Waals surface area contributed by atoms with E-state index in [4.69, 9.17) is 10.5 Å². The number of aromatic nitrogens is 1. The highest BCUT2D eigenvalue weighted by atomic mass is 16.6. The highest BCUT2D eigenvalue weighted by Crippen LogP contribution is 2.38. The zero-order chi connectivity index (χ0) is 21.3. The van der Waals surface area contributed by atoms with Crippen molar-refractivity contribution in [3.05, 3.63) is 46.3 Å². The van der Waals surface area contributed by atoms with Gasteiger partial charge >= 0.3 is 5.69 Å². The van der Waals surface area contributed by atoms with Crippen molar-refractivity contribution in [1.82, 2.24) is 4.98 Å². The molecular formula is C20H32N4O4. The summed E-state index contributed by atoms with van der Waals surface area (Å²) in [6.45, 7) is 13.7. The first-order valence-electron chi connectivity index (χ1n) is 9.72. The number of aromatic amines is 1. The number of nitro benzene ring substituents is 1. The Kier molecular flexibility index (Phi) is 9.47. The quantitative estimate of drug-likeness (QED) is 0.403. The Bertz CT molecular complexity index is 782. The highest BCUT2D eigenvalue weighted by Gasteiger charge is 2.27. The fraction of sp³-hybridized carbons (Fsp3) is 0.500. The molecule has 0 saturated carbocycles. The van der Waals surface area contributed by atoms with Crippen LogP contribution in [0.1, 0.15) is 33.3 Å². The van der Waals surface area contributed by atoms with Gasteiger partial charge in [-0.15, -0.1) is 0 Å². The molecule has 1 aromatic heterocycles. The molecule has 1 aliphatic rings. The van der Waals surface area contributed by atoms with Crippen LogP contribution in [0.15, 0.2) is 30.7 Å². The average Bonchev–Trinajstić information content (AvgIpc) is 3.13. The first-order chi connectivity index (χ1) is 13.5. The number of rotatable bonds is 5.